The van der Waals surface area contributed by atoms with E-state index in [-0.39, 0.29) is 37.3 Å². The third kappa shape index (κ3) is 4.74. The number of alkyl halides is 2. The molecule has 0 radical (unpaired) electrons. The maximum Gasteiger partial charge on any atom is 0.259 e. The summed E-state index contributed by atoms with van der Waals surface area (Å²) in [6.45, 7) is 3.46. The highest BCUT2D eigenvalue weighted by atomic mass is 79.9. The van der Waals surface area contributed by atoms with Gasteiger partial charge in [0.25, 0.3) is 11.8 Å². The Kier molecular flexibility index (Phi) is 5.98. The third-order valence-electron chi connectivity index (χ3n) is 7.27. The van der Waals surface area contributed by atoms with Crippen LogP contribution in [0.4, 0.5) is 30.6 Å². The van der Waals surface area contributed by atoms with Gasteiger partial charge in [-0.1, -0.05) is 0 Å². The van der Waals surface area contributed by atoms with Crippen molar-refractivity contribution in [2.45, 2.75) is 51.4 Å². The number of benzene rings is 1. The van der Waals surface area contributed by atoms with E-state index in [1.165, 1.54) is 18.9 Å². The van der Waals surface area contributed by atoms with Gasteiger partial charge >= 0.3 is 0 Å². The highest BCUT2D eigenvalue weighted by molar-refractivity contribution is 9.10. The molecule has 0 bridgehead atoms. The van der Waals surface area contributed by atoms with Crippen molar-refractivity contribution in [1.82, 2.24) is 9.97 Å². The van der Waals surface area contributed by atoms with E-state index < -0.39 is 17.6 Å². The highest BCUT2D eigenvalue weighted by Gasteiger charge is 2.45. The number of hydrogen-bond acceptors (Lipinski definition) is 5. The molecule has 3 heterocycles. The molecule has 6 nitrogen and oxygen atoms in total. The van der Waals surface area contributed by atoms with E-state index in [0.29, 0.717) is 40.3 Å². The fraction of sp³-hybridized carbons (Fsp3) is 0.542. The predicted octanol–water partition coefficient (Wildman–Crippen LogP) is 5.55. The van der Waals surface area contributed by atoms with Crippen molar-refractivity contribution in [1.29, 1.82) is 0 Å². The number of aryl methyl sites for hydroxylation is 1. The lowest BCUT2D eigenvalue weighted by Crippen LogP contribution is -2.40. The smallest absolute Gasteiger partial charge is 0.259 e. The van der Waals surface area contributed by atoms with Crippen LogP contribution in [0, 0.1) is 18.2 Å². The maximum atomic E-state index is 15.2. The van der Waals surface area contributed by atoms with Gasteiger partial charge in [0.15, 0.2) is 5.82 Å². The first kappa shape index (κ1) is 23.4. The first-order valence-electron chi connectivity index (χ1n) is 11.7. The van der Waals surface area contributed by atoms with Gasteiger partial charge in [-0.05, 0) is 66.1 Å². The van der Waals surface area contributed by atoms with Crippen molar-refractivity contribution in [2.24, 2.45) is 5.41 Å². The summed E-state index contributed by atoms with van der Waals surface area (Å²) >= 11 is 3.26. The molecular weight excluding hydrogens is 511 g/mol. The minimum atomic E-state index is -2.67. The average molecular weight is 538 g/mol. The number of carbonyl (C=O) groups excluding carboxylic acids is 1. The van der Waals surface area contributed by atoms with Crippen LogP contribution in [0.5, 0.6) is 0 Å². The van der Waals surface area contributed by atoms with Crippen LogP contribution in [0.25, 0.3) is 0 Å². The van der Waals surface area contributed by atoms with Crippen molar-refractivity contribution in [2.75, 3.05) is 41.3 Å². The zero-order valence-electron chi connectivity index (χ0n) is 19.0. The van der Waals surface area contributed by atoms with Crippen LogP contribution in [0.15, 0.2) is 22.7 Å². The molecule has 1 aliphatic carbocycles. The quantitative estimate of drug-likeness (QED) is 0.553. The fourth-order valence-corrected chi connectivity index (χ4v) is 5.21. The topological polar surface area (TPSA) is 61.4 Å². The summed E-state index contributed by atoms with van der Waals surface area (Å²) in [5.41, 5.74) is 1.56. The number of nitrogens with one attached hydrogen (secondary N) is 1. The van der Waals surface area contributed by atoms with Crippen molar-refractivity contribution in [3.63, 3.8) is 0 Å². The second-order valence-corrected chi connectivity index (χ2v) is 10.6. The molecule has 3 aliphatic rings. The molecule has 10 heteroatoms. The van der Waals surface area contributed by atoms with Gasteiger partial charge in [-0.15, -0.1) is 0 Å². The average Bonchev–Trinajstić information content (AvgIpc) is 3.54. The Morgan fingerprint density at radius 3 is 2.29 bits per heavy atom. The molecular formula is C24H27BrF3N5O. The van der Waals surface area contributed by atoms with Crippen molar-refractivity contribution in [3.05, 3.63) is 39.7 Å². The van der Waals surface area contributed by atoms with E-state index in [0.717, 1.165) is 12.8 Å². The summed E-state index contributed by atoms with van der Waals surface area (Å²) in [5, 5.41) is 2.78. The fourth-order valence-electron chi connectivity index (χ4n) is 4.89. The highest BCUT2D eigenvalue weighted by Crippen LogP contribution is 2.54. The number of anilines is 3. The van der Waals surface area contributed by atoms with Crippen LogP contribution in [0.1, 0.15) is 54.6 Å². The Bertz CT molecular complexity index is 1100. The molecule has 1 aromatic carbocycles. The van der Waals surface area contributed by atoms with Gasteiger partial charge in [0.2, 0.25) is 5.95 Å². The summed E-state index contributed by atoms with van der Waals surface area (Å²) in [5.74, 6) is -3.03. The minimum Gasteiger partial charge on any atom is -0.368 e. The molecule has 1 aromatic heterocycles. The molecule has 2 aromatic rings. The van der Waals surface area contributed by atoms with Crippen molar-refractivity contribution in [3.8, 4) is 0 Å². The monoisotopic (exact) mass is 537 g/mol. The molecule has 5 rings (SSSR count). The first-order valence-corrected chi connectivity index (χ1v) is 12.5. The number of aromatic nitrogens is 2. The predicted molar refractivity (Wildman–Crippen MR) is 128 cm³/mol. The molecule has 1 saturated carbocycles. The Morgan fingerprint density at radius 1 is 1.00 bits per heavy atom. The third-order valence-corrected chi connectivity index (χ3v) is 7.89. The summed E-state index contributed by atoms with van der Waals surface area (Å²) in [4.78, 5) is 25.7. The number of carbonyl (C=O) groups is 1. The van der Waals surface area contributed by atoms with Gasteiger partial charge < -0.3 is 15.1 Å². The lowest BCUT2D eigenvalue weighted by atomic mass is 9.93. The first-order chi connectivity index (χ1) is 16.1. The largest absolute Gasteiger partial charge is 0.368 e. The zero-order valence-corrected chi connectivity index (χ0v) is 20.6. The zero-order chi connectivity index (χ0) is 24.1. The van der Waals surface area contributed by atoms with Crippen LogP contribution in [-0.2, 0) is 0 Å². The molecule has 34 heavy (non-hydrogen) atoms. The van der Waals surface area contributed by atoms with Crippen LogP contribution in [-0.4, -0.2) is 48.0 Å². The van der Waals surface area contributed by atoms with Gasteiger partial charge in [0.05, 0.1) is 15.7 Å². The Hall–Kier alpha value is -2.36. The summed E-state index contributed by atoms with van der Waals surface area (Å²) < 4.78 is 42.6. The van der Waals surface area contributed by atoms with E-state index in [1.807, 2.05) is 4.90 Å². The molecule has 1 N–H and O–H groups in total. The molecule has 0 unspecified atom stereocenters. The molecule has 2 aliphatic heterocycles. The molecule has 1 spiro atoms. The van der Waals surface area contributed by atoms with Gasteiger partial charge in [-0.2, -0.15) is 4.98 Å². The van der Waals surface area contributed by atoms with Gasteiger partial charge in [-0.3, -0.25) is 4.79 Å². The summed E-state index contributed by atoms with van der Waals surface area (Å²) in [7, 11) is 0. The molecule has 2 saturated heterocycles. The molecule has 182 valence electrons. The number of rotatable bonds is 4. The number of piperidine rings is 2. The minimum absolute atomic E-state index is 0.141. The lowest BCUT2D eigenvalue weighted by Gasteiger charge is -2.35. The second-order valence-electron chi connectivity index (χ2n) is 9.74. The van der Waals surface area contributed by atoms with Crippen LogP contribution in [0.3, 0.4) is 0 Å². The van der Waals surface area contributed by atoms with Crippen LogP contribution < -0.4 is 15.1 Å². The van der Waals surface area contributed by atoms with Crippen LogP contribution in [0.2, 0.25) is 0 Å². The Labute approximate surface area is 205 Å². The van der Waals surface area contributed by atoms with Gasteiger partial charge in [-0.25, -0.2) is 18.2 Å². The summed E-state index contributed by atoms with van der Waals surface area (Å²) in [6.07, 6.45) is 3.96. The number of amides is 1. The SMILES string of the molecule is Cc1cc(NC(=O)c2ccc(Br)c(F)c2N2CCC3(CC2)CC3)nc(N2CCC(F)(F)CC2)n1. The van der Waals surface area contributed by atoms with Crippen molar-refractivity contribution < 1.29 is 18.0 Å². The van der Waals surface area contributed by atoms with Crippen LogP contribution >= 0.6 is 15.9 Å². The molecule has 0 atom stereocenters. The standard InChI is InChI=1S/C24H27BrF3N5O/c1-15-14-18(31-22(29-15)33-12-8-24(27,28)9-13-33)30-21(34)16-2-3-17(25)19(26)20(16)32-10-6-23(4-5-23)7-11-32/h2-3,14H,4-13H2,1H3,(H,29,30,31,34). The molecule has 3 fully saturated rings. The number of hydrogen-bond donors (Lipinski definition) is 1. The maximum absolute atomic E-state index is 15.2. The van der Waals surface area contributed by atoms with E-state index in [4.69, 9.17) is 0 Å². The van der Waals surface area contributed by atoms with E-state index >= 15 is 4.39 Å². The van der Waals surface area contributed by atoms with E-state index in [9.17, 15) is 13.6 Å². The normalized spacial score (nSPS) is 21.0. The Balaban J connectivity index is 1.37. The molecule has 1 amide bonds. The van der Waals surface area contributed by atoms with Crippen molar-refractivity contribution >= 4 is 39.3 Å². The lowest BCUT2D eigenvalue weighted by molar-refractivity contribution is -0.0222. The Morgan fingerprint density at radius 2 is 1.65 bits per heavy atom. The number of nitrogens with zero attached hydrogens (tertiary/aromatic N) is 4. The van der Waals surface area contributed by atoms with Gasteiger partial charge in [0.1, 0.15) is 5.82 Å². The van der Waals surface area contributed by atoms with E-state index in [2.05, 4.69) is 31.2 Å². The van der Waals surface area contributed by atoms with Gasteiger partial charge in [0, 0.05) is 50.8 Å². The second kappa shape index (κ2) is 8.70. The van der Waals surface area contributed by atoms with E-state index in [1.54, 1.807) is 24.0 Å². The number of halogens is 4. The summed E-state index contributed by atoms with van der Waals surface area (Å²) in [6, 6.07) is 4.76.